The Morgan fingerprint density at radius 2 is 0.447 bits per heavy atom. The Balaban J connectivity index is 5.19. The molecule has 0 saturated carbocycles. The van der Waals surface area contributed by atoms with Gasteiger partial charge >= 0.3 is 39.5 Å². The molecule has 0 aromatic carbocycles. The maximum atomic E-state index is 13.0. The van der Waals surface area contributed by atoms with Crippen molar-refractivity contribution in [2.45, 2.75) is 395 Å². The number of hydrogen-bond acceptors (Lipinski definition) is 15. The molecule has 0 spiro atoms. The Hall–Kier alpha value is -1.94. The van der Waals surface area contributed by atoms with Gasteiger partial charge < -0.3 is 33.8 Å². The van der Waals surface area contributed by atoms with Gasteiger partial charge in [0, 0.05) is 25.7 Å². The van der Waals surface area contributed by atoms with Crippen molar-refractivity contribution in [2.75, 3.05) is 39.6 Å². The van der Waals surface area contributed by atoms with Crippen LogP contribution in [-0.4, -0.2) is 96.7 Å². The molecule has 0 aliphatic carbocycles. The first-order valence-electron chi connectivity index (χ1n) is 38.7. The van der Waals surface area contributed by atoms with E-state index in [1.165, 1.54) is 167 Å². The topological polar surface area (TPSA) is 237 Å². The summed E-state index contributed by atoms with van der Waals surface area (Å²) in [6, 6.07) is 0. The van der Waals surface area contributed by atoms with Crippen LogP contribution in [0.25, 0.3) is 0 Å². The standard InChI is InChI=1S/C75H146O17P2/c1-65(2)51-43-35-27-22-18-14-11-9-10-12-16-20-24-30-41-49-57-75(80)92-71(62-86-73(78)56-48-40-34-33-38-46-54-68(7)8)64-90-94(83,84)88-60-69(76)59-87-93(81,82)89-63-70(61-85-72(77)55-47-39-32-26-29-37-45-53-67(5)6)91-74(79)58-50-42-31-25-21-17-13-15-19-23-28-36-44-52-66(3)4/h65-71,76H,9-64H2,1-8H3,(H,81,82)(H,83,84)/t69?,70-,71-/m1/s1. The smallest absolute Gasteiger partial charge is 0.462 e. The molecular weight excluding hydrogens is 1230 g/mol. The maximum Gasteiger partial charge on any atom is 0.472 e. The van der Waals surface area contributed by atoms with E-state index in [2.05, 4.69) is 55.4 Å². The van der Waals surface area contributed by atoms with Gasteiger partial charge in [-0.05, 0) is 49.4 Å². The van der Waals surface area contributed by atoms with Crippen molar-refractivity contribution < 1.29 is 80.2 Å². The molecule has 19 heteroatoms. The molecule has 0 bridgehead atoms. The van der Waals surface area contributed by atoms with Crippen molar-refractivity contribution in [2.24, 2.45) is 23.7 Å². The lowest BCUT2D eigenvalue weighted by atomic mass is 10.0. The first-order chi connectivity index (χ1) is 45.1. The molecule has 0 aliphatic heterocycles. The molecule has 0 saturated heterocycles. The van der Waals surface area contributed by atoms with Gasteiger partial charge in [-0.25, -0.2) is 9.13 Å². The molecule has 3 unspecified atom stereocenters. The minimum Gasteiger partial charge on any atom is -0.462 e. The molecule has 558 valence electrons. The van der Waals surface area contributed by atoms with Crippen LogP contribution in [0.3, 0.4) is 0 Å². The van der Waals surface area contributed by atoms with E-state index < -0.39 is 97.5 Å². The predicted octanol–water partition coefficient (Wildman–Crippen LogP) is 21.7. The third-order valence-electron chi connectivity index (χ3n) is 17.3. The first-order valence-corrected chi connectivity index (χ1v) is 41.7. The monoisotopic (exact) mass is 1380 g/mol. The van der Waals surface area contributed by atoms with Crippen LogP contribution >= 0.6 is 15.6 Å². The summed E-state index contributed by atoms with van der Waals surface area (Å²) in [6.45, 7) is 14.1. The molecule has 0 aromatic rings. The molecule has 0 aliphatic rings. The van der Waals surface area contributed by atoms with Crippen LogP contribution in [0, 0.1) is 23.7 Å². The Labute approximate surface area is 575 Å². The van der Waals surface area contributed by atoms with Crippen molar-refractivity contribution in [3.63, 3.8) is 0 Å². The number of carbonyl (C=O) groups is 4. The summed E-state index contributed by atoms with van der Waals surface area (Å²) in [6.07, 6.45) is 48.9. The SMILES string of the molecule is CC(C)CCCCCCCCCCCCCCCCCCC(=O)O[C@H](COC(=O)CCCCCCCCC(C)C)COP(=O)(O)OCC(O)COP(=O)(O)OC[C@@H](COC(=O)CCCCCCCCCC(C)C)OC(=O)CCCCCCCCCCCCCCCC(C)C. The van der Waals surface area contributed by atoms with Crippen molar-refractivity contribution in [1.82, 2.24) is 0 Å². The summed E-state index contributed by atoms with van der Waals surface area (Å²) < 4.78 is 68.4. The van der Waals surface area contributed by atoms with Crippen LogP contribution in [0.5, 0.6) is 0 Å². The summed E-state index contributed by atoms with van der Waals surface area (Å²) in [4.78, 5) is 72.7. The lowest BCUT2D eigenvalue weighted by Crippen LogP contribution is -2.30. The second-order valence-corrected chi connectivity index (χ2v) is 31.9. The van der Waals surface area contributed by atoms with Gasteiger partial charge in [-0.2, -0.15) is 0 Å². The fraction of sp³-hybridized carbons (Fsp3) is 0.947. The summed E-state index contributed by atoms with van der Waals surface area (Å²) in [5.41, 5.74) is 0. The van der Waals surface area contributed by atoms with Crippen LogP contribution < -0.4 is 0 Å². The third kappa shape index (κ3) is 68.6. The number of phosphoric ester groups is 2. The van der Waals surface area contributed by atoms with Gasteiger partial charge in [0.2, 0.25) is 0 Å². The predicted molar refractivity (Wildman–Crippen MR) is 381 cm³/mol. The maximum absolute atomic E-state index is 13.0. The second-order valence-electron chi connectivity index (χ2n) is 28.9. The Bertz CT molecular complexity index is 1850. The van der Waals surface area contributed by atoms with Crippen molar-refractivity contribution in [3.8, 4) is 0 Å². The lowest BCUT2D eigenvalue weighted by molar-refractivity contribution is -0.161. The molecule has 0 radical (unpaired) electrons. The quantitative estimate of drug-likeness (QED) is 0.0222. The number of aliphatic hydroxyl groups is 1. The highest BCUT2D eigenvalue weighted by atomic mass is 31.2. The number of aliphatic hydroxyl groups excluding tert-OH is 1. The molecule has 17 nitrogen and oxygen atoms in total. The molecule has 0 amide bonds. The minimum absolute atomic E-state index is 0.106. The van der Waals surface area contributed by atoms with E-state index in [4.69, 9.17) is 37.0 Å². The van der Waals surface area contributed by atoms with Gasteiger partial charge in [0.15, 0.2) is 12.2 Å². The van der Waals surface area contributed by atoms with E-state index in [0.29, 0.717) is 37.5 Å². The number of unbranched alkanes of at least 4 members (excludes halogenated alkanes) is 38. The Morgan fingerprint density at radius 1 is 0.266 bits per heavy atom. The summed E-state index contributed by atoms with van der Waals surface area (Å²) >= 11 is 0. The number of carbonyl (C=O) groups excluding carboxylic acids is 4. The molecule has 0 heterocycles. The van der Waals surface area contributed by atoms with Crippen molar-refractivity contribution >= 4 is 39.5 Å². The van der Waals surface area contributed by atoms with Gasteiger partial charge in [0.25, 0.3) is 0 Å². The average Bonchev–Trinajstić information content (AvgIpc) is 1.42. The second kappa shape index (κ2) is 64.4. The zero-order valence-electron chi connectivity index (χ0n) is 61.6. The molecular formula is C75H146O17P2. The number of ether oxygens (including phenoxy) is 4. The largest absolute Gasteiger partial charge is 0.472 e. The van der Waals surface area contributed by atoms with Crippen LogP contribution in [0.4, 0.5) is 0 Å². The van der Waals surface area contributed by atoms with E-state index in [-0.39, 0.29) is 25.7 Å². The molecule has 3 N–H and O–H groups in total. The van der Waals surface area contributed by atoms with Crippen LogP contribution in [0.1, 0.15) is 376 Å². The van der Waals surface area contributed by atoms with Gasteiger partial charge in [-0.1, -0.05) is 325 Å². The Morgan fingerprint density at radius 3 is 0.660 bits per heavy atom. The molecule has 5 atom stereocenters. The van der Waals surface area contributed by atoms with E-state index in [1.54, 1.807) is 0 Å². The number of phosphoric acid groups is 2. The Kier molecular flexibility index (Phi) is 63.1. The van der Waals surface area contributed by atoms with Crippen LogP contribution in [0.2, 0.25) is 0 Å². The zero-order chi connectivity index (χ0) is 69.6. The van der Waals surface area contributed by atoms with Crippen LogP contribution in [-0.2, 0) is 65.4 Å². The number of esters is 4. The fourth-order valence-corrected chi connectivity index (χ4v) is 13.0. The third-order valence-corrected chi connectivity index (χ3v) is 19.2. The minimum atomic E-state index is -4.95. The molecule has 0 aromatic heterocycles. The lowest BCUT2D eigenvalue weighted by Gasteiger charge is -2.21. The average molecular weight is 1380 g/mol. The van der Waals surface area contributed by atoms with Crippen molar-refractivity contribution in [3.05, 3.63) is 0 Å². The van der Waals surface area contributed by atoms with E-state index >= 15 is 0 Å². The van der Waals surface area contributed by atoms with Gasteiger partial charge in [-0.15, -0.1) is 0 Å². The normalized spacial score (nSPS) is 14.2. The van der Waals surface area contributed by atoms with E-state index in [1.807, 2.05) is 0 Å². The zero-order valence-corrected chi connectivity index (χ0v) is 63.4. The highest BCUT2D eigenvalue weighted by Crippen LogP contribution is 2.45. The molecule has 94 heavy (non-hydrogen) atoms. The fourth-order valence-electron chi connectivity index (χ4n) is 11.4. The van der Waals surface area contributed by atoms with E-state index in [0.717, 1.165) is 115 Å². The van der Waals surface area contributed by atoms with Gasteiger partial charge in [-0.3, -0.25) is 37.3 Å². The van der Waals surface area contributed by atoms with Gasteiger partial charge in [0.05, 0.1) is 26.4 Å². The number of hydrogen-bond donors (Lipinski definition) is 3. The summed E-state index contributed by atoms with van der Waals surface area (Å²) in [5, 5.41) is 10.6. The first kappa shape index (κ1) is 92.1. The molecule has 0 fully saturated rings. The summed E-state index contributed by atoms with van der Waals surface area (Å²) in [5.74, 6) is 0.855. The number of rotatable bonds is 72. The van der Waals surface area contributed by atoms with E-state index in [9.17, 15) is 43.2 Å². The van der Waals surface area contributed by atoms with Crippen LogP contribution in [0.15, 0.2) is 0 Å². The highest BCUT2D eigenvalue weighted by molar-refractivity contribution is 7.47. The van der Waals surface area contributed by atoms with Crippen molar-refractivity contribution in [1.29, 1.82) is 0 Å². The highest BCUT2D eigenvalue weighted by Gasteiger charge is 2.30. The van der Waals surface area contributed by atoms with Gasteiger partial charge in [0.1, 0.15) is 19.3 Å². The molecule has 0 rings (SSSR count). The summed E-state index contributed by atoms with van der Waals surface area (Å²) in [7, 11) is -9.91.